The van der Waals surface area contributed by atoms with Crippen LogP contribution in [0.15, 0.2) is 30.3 Å². The molecule has 0 unspecified atom stereocenters. The minimum atomic E-state index is 0.865. The van der Waals surface area contributed by atoms with E-state index in [1.54, 1.807) is 0 Å². The number of hydrogen-bond donors (Lipinski definition) is 0. The third-order valence-corrected chi connectivity index (χ3v) is 2.95. The number of halogens is 1. The molecule has 0 saturated heterocycles. The van der Waals surface area contributed by atoms with Crippen molar-refractivity contribution < 1.29 is 0 Å². The summed E-state index contributed by atoms with van der Waals surface area (Å²) in [6, 6.07) is 10.2. The van der Waals surface area contributed by atoms with Gasteiger partial charge in [-0.15, -0.1) is 0 Å². The average molecular weight is 303 g/mol. The first-order valence-electron chi connectivity index (χ1n) is 5.89. The lowest BCUT2D eigenvalue weighted by molar-refractivity contribution is 0.833. The third kappa shape index (κ3) is 3.02. The van der Waals surface area contributed by atoms with Crippen LogP contribution in [0.2, 0.25) is 0 Å². The van der Waals surface area contributed by atoms with Crippen LogP contribution in [0.4, 0.5) is 0 Å². The summed E-state index contributed by atoms with van der Waals surface area (Å²) in [7, 11) is 0. The number of alkyl halides is 1. The highest BCUT2D eigenvalue weighted by atomic mass is 79.9. The van der Waals surface area contributed by atoms with Gasteiger partial charge >= 0.3 is 0 Å². The van der Waals surface area contributed by atoms with E-state index in [1.165, 1.54) is 0 Å². The molecule has 1 aromatic heterocycles. The predicted molar refractivity (Wildman–Crippen MR) is 78.3 cm³/mol. The van der Waals surface area contributed by atoms with Crippen LogP contribution in [-0.4, -0.2) is 15.1 Å². The van der Waals surface area contributed by atoms with Gasteiger partial charge in [0.25, 0.3) is 0 Å². The number of rotatable bonds is 2. The summed E-state index contributed by atoms with van der Waals surface area (Å²) in [4.78, 5) is 0. The molecule has 1 aromatic carbocycles. The molecular weight excluding hydrogens is 288 g/mol. The lowest BCUT2D eigenvalue weighted by atomic mass is 10.2. The normalized spacial score (nSPS) is 9.94. The standard InChI is InChI=1S/C15H15BrN2/c1-12-10-13(2)18(17-12)15-8-5-7-14(11-15)6-3-4-9-16/h5,7-8,10-11H,4,9H2,1-2H3. The SMILES string of the molecule is Cc1cc(C)n(-c2cccc(C#CCCBr)c2)n1. The first-order valence-corrected chi connectivity index (χ1v) is 7.01. The van der Waals surface area contributed by atoms with Crippen LogP contribution in [0.3, 0.4) is 0 Å². The Labute approximate surface area is 116 Å². The zero-order valence-corrected chi connectivity index (χ0v) is 12.2. The highest BCUT2D eigenvalue weighted by Gasteiger charge is 2.03. The number of aryl methyl sites for hydroxylation is 2. The maximum Gasteiger partial charge on any atom is 0.0661 e. The molecule has 18 heavy (non-hydrogen) atoms. The molecule has 92 valence electrons. The second kappa shape index (κ2) is 5.88. The first kappa shape index (κ1) is 12.9. The van der Waals surface area contributed by atoms with Gasteiger partial charge in [-0.2, -0.15) is 5.10 Å². The van der Waals surface area contributed by atoms with E-state index in [2.05, 4.69) is 58.0 Å². The molecule has 0 spiro atoms. The largest absolute Gasteiger partial charge is 0.238 e. The Hall–Kier alpha value is -1.53. The monoisotopic (exact) mass is 302 g/mol. The predicted octanol–water partition coefficient (Wildman–Crippen LogP) is 3.63. The molecule has 2 aromatic rings. The third-order valence-electron chi connectivity index (χ3n) is 2.55. The van der Waals surface area contributed by atoms with Crippen molar-refractivity contribution in [2.45, 2.75) is 20.3 Å². The molecule has 3 heteroatoms. The summed E-state index contributed by atoms with van der Waals surface area (Å²) >= 11 is 3.37. The van der Waals surface area contributed by atoms with Gasteiger partial charge in [0.05, 0.1) is 11.4 Å². The van der Waals surface area contributed by atoms with Crippen LogP contribution >= 0.6 is 15.9 Å². The van der Waals surface area contributed by atoms with Crippen LogP contribution in [0, 0.1) is 25.7 Å². The molecule has 0 saturated carbocycles. The summed E-state index contributed by atoms with van der Waals surface area (Å²) in [6.07, 6.45) is 0.865. The molecule has 0 radical (unpaired) electrons. The van der Waals surface area contributed by atoms with Crippen molar-refractivity contribution in [3.63, 3.8) is 0 Å². The first-order chi connectivity index (χ1) is 8.70. The molecule has 0 bridgehead atoms. The van der Waals surface area contributed by atoms with E-state index in [4.69, 9.17) is 0 Å². The zero-order chi connectivity index (χ0) is 13.0. The van der Waals surface area contributed by atoms with E-state index >= 15 is 0 Å². The van der Waals surface area contributed by atoms with Gasteiger partial charge in [-0.25, -0.2) is 4.68 Å². The van der Waals surface area contributed by atoms with Crippen molar-refractivity contribution in [3.05, 3.63) is 47.3 Å². The van der Waals surface area contributed by atoms with Gasteiger partial charge in [-0.3, -0.25) is 0 Å². The van der Waals surface area contributed by atoms with E-state index in [9.17, 15) is 0 Å². The molecule has 0 aliphatic carbocycles. The quantitative estimate of drug-likeness (QED) is 0.612. The van der Waals surface area contributed by atoms with Crippen molar-refractivity contribution in [2.24, 2.45) is 0 Å². The Kier molecular flexibility index (Phi) is 4.22. The summed E-state index contributed by atoms with van der Waals surface area (Å²) < 4.78 is 1.95. The van der Waals surface area contributed by atoms with Crippen molar-refractivity contribution >= 4 is 15.9 Å². The summed E-state index contributed by atoms with van der Waals surface area (Å²) in [6.45, 7) is 4.06. The zero-order valence-electron chi connectivity index (χ0n) is 10.6. The van der Waals surface area contributed by atoms with Crippen LogP contribution < -0.4 is 0 Å². The molecule has 0 fully saturated rings. The van der Waals surface area contributed by atoms with Gasteiger partial charge in [0.1, 0.15) is 0 Å². The molecule has 0 amide bonds. The Balaban J connectivity index is 2.33. The summed E-state index contributed by atoms with van der Waals surface area (Å²) in [5.41, 5.74) is 4.26. The molecule has 0 aliphatic rings. The number of nitrogens with zero attached hydrogens (tertiary/aromatic N) is 2. The highest BCUT2D eigenvalue weighted by molar-refractivity contribution is 9.09. The topological polar surface area (TPSA) is 17.8 Å². The van der Waals surface area contributed by atoms with Gasteiger partial charge in [-0.05, 0) is 38.1 Å². The van der Waals surface area contributed by atoms with Crippen LogP contribution in [0.1, 0.15) is 23.4 Å². The number of aromatic nitrogens is 2. The number of benzene rings is 1. The molecule has 0 N–H and O–H groups in total. The van der Waals surface area contributed by atoms with Crippen molar-refractivity contribution in [1.29, 1.82) is 0 Å². The van der Waals surface area contributed by atoms with Gasteiger partial charge in [0.2, 0.25) is 0 Å². The minimum absolute atomic E-state index is 0.865. The fourth-order valence-corrected chi connectivity index (χ4v) is 2.02. The maximum absolute atomic E-state index is 4.48. The van der Waals surface area contributed by atoms with Crippen molar-refractivity contribution in [3.8, 4) is 17.5 Å². The second-order valence-electron chi connectivity index (χ2n) is 4.13. The minimum Gasteiger partial charge on any atom is -0.238 e. The van der Waals surface area contributed by atoms with Gasteiger partial charge in [0, 0.05) is 23.0 Å². The van der Waals surface area contributed by atoms with Gasteiger partial charge < -0.3 is 0 Å². The smallest absolute Gasteiger partial charge is 0.0661 e. The molecule has 0 aliphatic heterocycles. The second-order valence-corrected chi connectivity index (χ2v) is 4.92. The average Bonchev–Trinajstić information content (AvgIpc) is 2.69. The maximum atomic E-state index is 4.48. The van der Waals surface area contributed by atoms with E-state index in [0.29, 0.717) is 0 Å². The molecule has 2 rings (SSSR count). The molecule has 2 nitrogen and oxygen atoms in total. The fourth-order valence-electron chi connectivity index (χ4n) is 1.82. The molecular formula is C15H15BrN2. The van der Waals surface area contributed by atoms with Crippen molar-refractivity contribution in [1.82, 2.24) is 9.78 Å². The van der Waals surface area contributed by atoms with Crippen LogP contribution in [0.25, 0.3) is 5.69 Å². The lowest BCUT2D eigenvalue weighted by Gasteiger charge is -2.04. The summed E-state index contributed by atoms with van der Waals surface area (Å²) in [5, 5.41) is 5.39. The van der Waals surface area contributed by atoms with Gasteiger partial charge in [0.15, 0.2) is 0 Å². The fraction of sp³-hybridized carbons (Fsp3) is 0.267. The number of hydrogen-bond acceptors (Lipinski definition) is 1. The van der Waals surface area contributed by atoms with Crippen molar-refractivity contribution in [2.75, 3.05) is 5.33 Å². The van der Waals surface area contributed by atoms with E-state index < -0.39 is 0 Å². The highest BCUT2D eigenvalue weighted by Crippen LogP contribution is 2.13. The Morgan fingerprint density at radius 2 is 2.11 bits per heavy atom. The van der Waals surface area contributed by atoms with Gasteiger partial charge in [-0.1, -0.05) is 33.8 Å². The van der Waals surface area contributed by atoms with E-state index in [-0.39, 0.29) is 0 Å². The van der Waals surface area contributed by atoms with E-state index in [0.717, 1.165) is 34.4 Å². The van der Waals surface area contributed by atoms with Crippen LogP contribution in [0.5, 0.6) is 0 Å². The Morgan fingerprint density at radius 1 is 1.28 bits per heavy atom. The van der Waals surface area contributed by atoms with Crippen LogP contribution in [-0.2, 0) is 0 Å². The Morgan fingerprint density at radius 3 is 2.78 bits per heavy atom. The summed E-state index contributed by atoms with van der Waals surface area (Å²) in [5.74, 6) is 6.28. The molecule has 0 atom stereocenters. The van der Waals surface area contributed by atoms with E-state index in [1.807, 2.05) is 23.7 Å². The lowest BCUT2D eigenvalue weighted by Crippen LogP contribution is -1.99. The Bertz CT molecular complexity index is 602. The molecule has 1 heterocycles.